The fourth-order valence-electron chi connectivity index (χ4n) is 1.01. The number of hydrogen-bond donors (Lipinski definition) is 1. The summed E-state index contributed by atoms with van der Waals surface area (Å²) in [4.78, 5) is 11.4. The summed E-state index contributed by atoms with van der Waals surface area (Å²) in [6.45, 7) is 6.41. The fraction of sp³-hybridized carbons (Fsp3) is 0.556. The van der Waals surface area contributed by atoms with Gasteiger partial charge in [-0.2, -0.15) is 0 Å². The molecule has 0 spiro atoms. The third-order valence-electron chi connectivity index (χ3n) is 1.81. The maximum absolute atomic E-state index is 11.4. The zero-order valence-corrected chi connectivity index (χ0v) is 10.3. The van der Waals surface area contributed by atoms with Crippen molar-refractivity contribution >= 4 is 17.0 Å². The van der Waals surface area contributed by atoms with E-state index >= 15 is 0 Å². The van der Waals surface area contributed by atoms with Gasteiger partial charge in [-0.3, -0.25) is 4.79 Å². The van der Waals surface area contributed by atoms with Crippen LogP contribution in [-0.2, 0) is 7.05 Å². The number of amides is 1. The van der Waals surface area contributed by atoms with E-state index < -0.39 is 0 Å². The van der Waals surface area contributed by atoms with Crippen molar-refractivity contribution in [2.24, 2.45) is 7.05 Å². The summed E-state index contributed by atoms with van der Waals surface area (Å²) in [6.07, 6.45) is 1.83. The number of thioether (sulfide) groups is 1. The van der Waals surface area contributed by atoms with E-state index in [-0.39, 0.29) is 5.24 Å². The van der Waals surface area contributed by atoms with Crippen molar-refractivity contribution in [2.75, 3.05) is 6.54 Å². The molecular formula is C9H15N5OS. The number of carbonyl (C=O) groups is 1. The molecule has 0 aliphatic carbocycles. The van der Waals surface area contributed by atoms with E-state index in [0.29, 0.717) is 11.7 Å². The lowest BCUT2D eigenvalue weighted by atomic mass is 10.2. The molecule has 6 nitrogen and oxygen atoms in total. The van der Waals surface area contributed by atoms with Gasteiger partial charge in [-0.05, 0) is 30.2 Å². The molecule has 0 atom stereocenters. The summed E-state index contributed by atoms with van der Waals surface area (Å²) >= 11 is 0.990. The SMILES string of the molecule is C=C(C)CCCNC(=O)Sc1nnnn1C. The number of nitrogens with zero attached hydrogens (tertiary/aromatic N) is 4. The van der Waals surface area contributed by atoms with Crippen LogP contribution < -0.4 is 5.32 Å². The van der Waals surface area contributed by atoms with Crippen molar-refractivity contribution < 1.29 is 4.79 Å². The first-order chi connectivity index (χ1) is 7.59. The van der Waals surface area contributed by atoms with Crippen LogP contribution in [0.15, 0.2) is 17.3 Å². The Balaban J connectivity index is 2.21. The molecule has 0 saturated heterocycles. The first-order valence-electron chi connectivity index (χ1n) is 4.92. The molecule has 1 aromatic rings. The number of aryl methyl sites for hydroxylation is 1. The van der Waals surface area contributed by atoms with E-state index in [0.717, 1.165) is 30.2 Å². The average Bonchev–Trinajstić information content (AvgIpc) is 2.59. The monoisotopic (exact) mass is 241 g/mol. The van der Waals surface area contributed by atoms with E-state index in [4.69, 9.17) is 0 Å². The third-order valence-corrected chi connectivity index (χ3v) is 2.67. The zero-order valence-electron chi connectivity index (χ0n) is 9.43. The van der Waals surface area contributed by atoms with Gasteiger partial charge in [-0.15, -0.1) is 11.7 Å². The number of allylic oxidation sites excluding steroid dienone is 1. The topological polar surface area (TPSA) is 72.7 Å². The van der Waals surface area contributed by atoms with Crippen LogP contribution in [0.3, 0.4) is 0 Å². The second-order valence-corrected chi connectivity index (χ2v) is 4.40. The summed E-state index contributed by atoms with van der Waals surface area (Å²) in [5, 5.41) is 13.9. The number of hydrogen-bond acceptors (Lipinski definition) is 5. The molecule has 0 aliphatic rings. The number of carbonyl (C=O) groups excluding carboxylic acids is 1. The van der Waals surface area contributed by atoms with E-state index in [1.54, 1.807) is 7.05 Å². The molecule has 88 valence electrons. The zero-order chi connectivity index (χ0) is 12.0. The van der Waals surface area contributed by atoms with Gasteiger partial charge in [-0.25, -0.2) is 4.68 Å². The van der Waals surface area contributed by atoms with Gasteiger partial charge in [0.05, 0.1) is 0 Å². The van der Waals surface area contributed by atoms with E-state index in [9.17, 15) is 4.79 Å². The van der Waals surface area contributed by atoms with Crippen molar-refractivity contribution in [1.29, 1.82) is 0 Å². The van der Waals surface area contributed by atoms with Crippen LogP contribution in [0.25, 0.3) is 0 Å². The molecule has 0 bridgehead atoms. The van der Waals surface area contributed by atoms with Gasteiger partial charge in [0, 0.05) is 25.4 Å². The molecule has 0 saturated carbocycles. The molecule has 0 fully saturated rings. The smallest absolute Gasteiger partial charge is 0.286 e. The lowest BCUT2D eigenvalue weighted by Crippen LogP contribution is -2.20. The van der Waals surface area contributed by atoms with Gasteiger partial charge >= 0.3 is 0 Å². The molecule has 0 aliphatic heterocycles. The van der Waals surface area contributed by atoms with Crippen LogP contribution in [0.5, 0.6) is 0 Å². The molecule has 1 amide bonds. The molecule has 1 heterocycles. The standard InChI is InChI=1S/C9H15N5OS/c1-7(2)5-4-6-10-9(15)16-8-11-12-13-14(8)3/h1,4-6H2,2-3H3,(H,10,15). The van der Waals surface area contributed by atoms with Gasteiger partial charge in [0.25, 0.3) is 5.24 Å². The van der Waals surface area contributed by atoms with Gasteiger partial charge in [-0.1, -0.05) is 5.57 Å². The Bertz CT molecular complexity index is 376. The number of nitrogens with one attached hydrogen (secondary N) is 1. The molecule has 0 unspecified atom stereocenters. The maximum Gasteiger partial charge on any atom is 0.286 e. The van der Waals surface area contributed by atoms with E-state index in [1.807, 2.05) is 6.92 Å². The van der Waals surface area contributed by atoms with Gasteiger partial charge < -0.3 is 5.32 Å². The second kappa shape index (κ2) is 6.26. The highest BCUT2D eigenvalue weighted by atomic mass is 32.2. The van der Waals surface area contributed by atoms with Crippen molar-refractivity contribution in [1.82, 2.24) is 25.5 Å². The molecule has 0 radical (unpaired) electrons. The minimum absolute atomic E-state index is 0.139. The van der Waals surface area contributed by atoms with E-state index in [2.05, 4.69) is 27.4 Å². The van der Waals surface area contributed by atoms with Crippen molar-refractivity contribution in [3.05, 3.63) is 12.2 Å². The number of rotatable bonds is 5. The largest absolute Gasteiger partial charge is 0.347 e. The Morgan fingerprint density at radius 2 is 2.38 bits per heavy atom. The Morgan fingerprint density at radius 3 is 2.94 bits per heavy atom. The van der Waals surface area contributed by atoms with Crippen LogP contribution in [0.4, 0.5) is 4.79 Å². The molecule has 16 heavy (non-hydrogen) atoms. The molecule has 7 heteroatoms. The number of tetrazole rings is 1. The Labute approximate surface area is 98.5 Å². The van der Waals surface area contributed by atoms with Crippen LogP contribution in [0.2, 0.25) is 0 Å². The van der Waals surface area contributed by atoms with Crippen LogP contribution in [0.1, 0.15) is 19.8 Å². The molecular weight excluding hydrogens is 226 g/mol. The minimum atomic E-state index is -0.139. The summed E-state index contributed by atoms with van der Waals surface area (Å²) in [6, 6.07) is 0. The van der Waals surface area contributed by atoms with Crippen LogP contribution >= 0.6 is 11.8 Å². The summed E-state index contributed by atoms with van der Waals surface area (Å²) < 4.78 is 1.46. The summed E-state index contributed by atoms with van der Waals surface area (Å²) in [5.74, 6) is 0. The highest BCUT2D eigenvalue weighted by Crippen LogP contribution is 2.12. The van der Waals surface area contributed by atoms with Crippen molar-refractivity contribution in [3.63, 3.8) is 0 Å². The first-order valence-corrected chi connectivity index (χ1v) is 5.73. The summed E-state index contributed by atoms with van der Waals surface area (Å²) in [5.41, 5.74) is 1.12. The lowest BCUT2D eigenvalue weighted by Gasteiger charge is -2.03. The normalized spacial score (nSPS) is 10.1. The quantitative estimate of drug-likeness (QED) is 0.479. The Hall–Kier alpha value is -1.37. The number of aromatic nitrogens is 4. The van der Waals surface area contributed by atoms with Gasteiger partial charge in [0.1, 0.15) is 0 Å². The Morgan fingerprint density at radius 1 is 1.62 bits per heavy atom. The first kappa shape index (κ1) is 12.7. The van der Waals surface area contributed by atoms with Crippen molar-refractivity contribution in [2.45, 2.75) is 24.9 Å². The lowest BCUT2D eigenvalue weighted by molar-refractivity contribution is 0.260. The average molecular weight is 241 g/mol. The second-order valence-electron chi connectivity index (χ2n) is 3.46. The van der Waals surface area contributed by atoms with Crippen LogP contribution in [-0.4, -0.2) is 32.0 Å². The molecule has 1 N–H and O–H groups in total. The van der Waals surface area contributed by atoms with Gasteiger partial charge in [0.2, 0.25) is 5.16 Å². The summed E-state index contributed by atoms with van der Waals surface area (Å²) in [7, 11) is 1.69. The molecule has 1 rings (SSSR count). The molecule has 1 aromatic heterocycles. The van der Waals surface area contributed by atoms with Gasteiger partial charge in [0.15, 0.2) is 0 Å². The highest BCUT2D eigenvalue weighted by molar-refractivity contribution is 8.13. The predicted molar refractivity (Wildman–Crippen MR) is 62.1 cm³/mol. The minimum Gasteiger partial charge on any atom is -0.347 e. The Kier molecular flexibility index (Phi) is 4.97. The van der Waals surface area contributed by atoms with E-state index in [1.165, 1.54) is 4.68 Å². The predicted octanol–water partition coefficient (Wildman–Crippen LogP) is 1.37. The van der Waals surface area contributed by atoms with Crippen LogP contribution in [0, 0.1) is 0 Å². The van der Waals surface area contributed by atoms with Crippen molar-refractivity contribution in [3.8, 4) is 0 Å². The third kappa shape index (κ3) is 4.43. The molecule has 0 aromatic carbocycles. The highest BCUT2D eigenvalue weighted by Gasteiger charge is 2.09. The maximum atomic E-state index is 11.4. The fourth-order valence-corrected chi connectivity index (χ4v) is 1.59.